The van der Waals surface area contributed by atoms with Crippen molar-refractivity contribution in [1.82, 2.24) is 0 Å². The zero-order chi connectivity index (χ0) is 10.4. The SMILES string of the molecule is C=CC/C(=N\O)c1ccc(OC)cc1. The number of hydrogen-bond donors (Lipinski definition) is 1. The molecule has 0 amide bonds. The average Bonchev–Trinajstić information content (AvgIpc) is 2.26. The van der Waals surface area contributed by atoms with Crippen molar-refractivity contribution < 1.29 is 9.94 Å². The second-order valence-electron chi connectivity index (χ2n) is 2.77. The second-order valence-corrected chi connectivity index (χ2v) is 2.77. The molecule has 1 N–H and O–H groups in total. The molecule has 0 unspecified atom stereocenters. The summed E-state index contributed by atoms with van der Waals surface area (Å²) in [6, 6.07) is 7.34. The van der Waals surface area contributed by atoms with Gasteiger partial charge in [-0.2, -0.15) is 0 Å². The molecule has 1 aromatic rings. The van der Waals surface area contributed by atoms with Crippen molar-refractivity contribution in [3.05, 3.63) is 42.5 Å². The number of methoxy groups -OCH3 is 1. The lowest BCUT2D eigenvalue weighted by Gasteiger charge is -2.03. The van der Waals surface area contributed by atoms with E-state index >= 15 is 0 Å². The molecule has 0 bridgehead atoms. The van der Waals surface area contributed by atoms with Crippen molar-refractivity contribution in [3.63, 3.8) is 0 Å². The van der Waals surface area contributed by atoms with Crippen LogP contribution in [0.1, 0.15) is 12.0 Å². The molecule has 0 radical (unpaired) electrons. The Morgan fingerprint density at radius 1 is 1.50 bits per heavy atom. The van der Waals surface area contributed by atoms with Crippen LogP contribution in [0.5, 0.6) is 5.75 Å². The van der Waals surface area contributed by atoms with Crippen molar-refractivity contribution in [2.45, 2.75) is 6.42 Å². The van der Waals surface area contributed by atoms with E-state index in [9.17, 15) is 0 Å². The molecule has 74 valence electrons. The molecule has 3 heteroatoms. The zero-order valence-corrected chi connectivity index (χ0v) is 8.10. The van der Waals surface area contributed by atoms with Gasteiger partial charge >= 0.3 is 0 Å². The maximum atomic E-state index is 8.75. The van der Waals surface area contributed by atoms with E-state index in [0.29, 0.717) is 12.1 Å². The largest absolute Gasteiger partial charge is 0.497 e. The minimum Gasteiger partial charge on any atom is -0.497 e. The lowest BCUT2D eigenvalue weighted by molar-refractivity contribution is 0.318. The fourth-order valence-corrected chi connectivity index (χ4v) is 1.14. The zero-order valence-electron chi connectivity index (χ0n) is 8.10. The number of oxime groups is 1. The van der Waals surface area contributed by atoms with Crippen LogP contribution in [-0.2, 0) is 0 Å². The average molecular weight is 191 g/mol. The fraction of sp³-hybridized carbons (Fsp3) is 0.182. The van der Waals surface area contributed by atoms with Crippen LogP contribution in [0.2, 0.25) is 0 Å². The Kier molecular flexibility index (Phi) is 3.73. The van der Waals surface area contributed by atoms with Crippen molar-refractivity contribution in [2.75, 3.05) is 7.11 Å². The minimum atomic E-state index is 0.544. The summed E-state index contributed by atoms with van der Waals surface area (Å²) in [5.74, 6) is 0.782. The van der Waals surface area contributed by atoms with Crippen LogP contribution in [0.15, 0.2) is 42.1 Å². The number of allylic oxidation sites excluding steroid dienone is 1. The molecule has 1 rings (SSSR count). The highest BCUT2D eigenvalue weighted by molar-refractivity contribution is 6.01. The molecule has 0 saturated carbocycles. The van der Waals surface area contributed by atoms with Crippen molar-refractivity contribution in [2.24, 2.45) is 5.16 Å². The standard InChI is InChI=1S/C11H13NO2/c1-3-4-11(12-13)9-5-7-10(14-2)8-6-9/h3,5-8,13H,1,4H2,2H3/b12-11+. The molecule has 0 heterocycles. The van der Waals surface area contributed by atoms with E-state index in [0.717, 1.165) is 11.3 Å². The molecular formula is C11H13NO2. The molecule has 0 aliphatic rings. The third kappa shape index (κ3) is 2.36. The van der Waals surface area contributed by atoms with E-state index in [2.05, 4.69) is 11.7 Å². The second kappa shape index (κ2) is 5.07. The minimum absolute atomic E-state index is 0.544. The van der Waals surface area contributed by atoms with Gasteiger partial charge in [0.2, 0.25) is 0 Å². The molecular weight excluding hydrogens is 178 g/mol. The molecule has 0 fully saturated rings. The topological polar surface area (TPSA) is 41.8 Å². The van der Waals surface area contributed by atoms with Gasteiger partial charge in [-0.1, -0.05) is 11.2 Å². The maximum absolute atomic E-state index is 8.75. The van der Waals surface area contributed by atoms with E-state index in [1.165, 1.54) is 0 Å². The van der Waals surface area contributed by atoms with Crippen LogP contribution in [0.25, 0.3) is 0 Å². The van der Waals surface area contributed by atoms with Gasteiger partial charge in [0.15, 0.2) is 0 Å². The first-order chi connectivity index (χ1) is 6.81. The number of rotatable bonds is 4. The van der Waals surface area contributed by atoms with E-state index in [4.69, 9.17) is 9.94 Å². The van der Waals surface area contributed by atoms with E-state index in [1.807, 2.05) is 24.3 Å². The number of hydrogen-bond acceptors (Lipinski definition) is 3. The molecule has 0 aliphatic carbocycles. The normalized spacial score (nSPS) is 11.1. The first kappa shape index (κ1) is 10.3. The molecule has 3 nitrogen and oxygen atoms in total. The van der Waals surface area contributed by atoms with Gasteiger partial charge in [0.25, 0.3) is 0 Å². The maximum Gasteiger partial charge on any atom is 0.118 e. The van der Waals surface area contributed by atoms with Crippen LogP contribution < -0.4 is 4.74 Å². The van der Waals surface area contributed by atoms with Gasteiger partial charge in [-0.25, -0.2) is 0 Å². The molecule has 0 spiro atoms. The first-order valence-electron chi connectivity index (χ1n) is 4.28. The van der Waals surface area contributed by atoms with Crippen molar-refractivity contribution in [1.29, 1.82) is 0 Å². The summed E-state index contributed by atoms with van der Waals surface area (Å²) in [7, 11) is 1.61. The highest BCUT2D eigenvalue weighted by Crippen LogP contribution is 2.13. The van der Waals surface area contributed by atoms with Crippen LogP contribution in [0.4, 0.5) is 0 Å². The van der Waals surface area contributed by atoms with Crippen molar-refractivity contribution >= 4 is 5.71 Å². The van der Waals surface area contributed by atoms with Crippen LogP contribution >= 0.6 is 0 Å². The number of ether oxygens (including phenoxy) is 1. The summed E-state index contributed by atoms with van der Waals surface area (Å²) in [4.78, 5) is 0. The fourth-order valence-electron chi connectivity index (χ4n) is 1.14. The number of nitrogens with zero attached hydrogens (tertiary/aromatic N) is 1. The predicted molar refractivity (Wildman–Crippen MR) is 56.1 cm³/mol. The van der Waals surface area contributed by atoms with E-state index < -0.39 is 0 Å². The molecule has 1 aromatic carbocycles. The third-order valence-electron chi connectivity index (χ3n) is 1.88. The number of benzene rings is 1. The van der Waals surface area contributed by atoms with Crippen LogP contribution in [-0.4, -0.2) is 18.0 Å². The van der Waals surface area contributed by atoms with Gasteiger partial charge in [0.05, 0.1) is 12.8 Å². The van der Waals surface area contributed by atoms with Gasteiger partial charge < -0.3 is 9.94 Å². The Morgan fingerprint density at radius 2 is 2.14 bits per heavy atom. The third-order valence-corrected chi connectivity index (χ3v) is 1.88. The Balaban J connectivity index is 2.89. The lowest BCUT2D eigenvalue weighted by atomic mass is 10.1. The molecule has 0 saturated heterocycles. The van der Waals surface area contributed by atoms with Crippen LogP contribution in [0.3, 0.4) is 0 Å². The summed E-state index contributed by atoms with van der Waals surface area (Å²) < 4.78 is 5.02. The predicted octanol–water partition coefficient (Wildman–Crippen LogP) is 2.45. The molecule has 0 atom stereocenters. The van der Waals surface area contributed by atoms with E-state index in [1.54, 1.807) is 13.2 Å². The Labute approximate surface area is 83.3 Å². The summed E-state index contributed by atoms with van der Waals surface area (Å²) in [5, 5.41) is 12.0. The highest BCUT2D eigenvalue weighted by atomic mass is 16.5. The summed E-state index contributed by atoms with van der Waals surface area (Å²) in [6.07, 6.45) is 2.24. The first-order valence-corrected chi connectivity index (χ1v) is 4.28. The lowest BCUT2D eigenvalue weighted by Crippen LogP contribution is -1.99. The Bertz CT molecular complexity index is 328. The summed E-state index contributed by atoms with van der Waals surface area (Å²) in [6.45, 7) is 3.59. The van der Waals surface area contributed by atoms with E-state index in [-0.39, 0.29) is 0 Å². The smallest absolute Gasteiger partial charge is 0.118 e. The summed E-state index contributed by atoms with van der Waals surface area (Å²) in [5.41, 5.74) is 1.47. The molecule has 0 aliphatic heterocycles. The van der Waals surface area contributed by atoms with Crippen molar-refractivity contribution in [3.8, 4) is 5.75 Å². The van der Waals surface area contributed by atoms with Gasteiger partial charge in [0, 0.05) is 6.42 Å². The summed E-state index contributed by atoms with van der Waals surface area (Å²) >= 11 is 0. The highest BCUT2D eigenvalue weighted by Gasteiger charge is 2.01. The van der Waals surface area contributed by atoms with Gasteiger partial charge in [-0.3, -0.25) is 0 Å². The molecule has 0 aromatic heterocycles. The monoisotopic (exact) mass is 191 g/mol. The van der Waals surface area contributed by atoms with Gasteiger partial charge in [-0.15, -0.1) is 6.58 Å². The Hall–Kier alpha value is -1.77. The Morgan fingerprint density at radius 3 is 2.57 bits per heavy atom. The van der Waals surface area contributed by atoms with Gasteiger partial charge in [0.1, 0.15) is 5.75 Å². The van der Waals surface area contributed by atoms with Crippen LogP contribution in [0, 0.1) is 0 Å². The quantitative estimate of drug-likeness (QED) is 0.344. The van der Waals surface area contributed by atoms with Gasteiger partial charge in [-0.05, 0) is 29.8 Å². The molecule has 14 heavy (non-hydrogen) atoms.